The van der Waals surface area contributed by atoms with Gasteiger partial charge in [0, 0.05) is 25.5 Å². The number of benzene rings is 1. The second-order valence-corrected chi connectivity index (χ2v) is 6.97. The maximum atomic E-state index is 13.0. The van der Waals surface area contributed by atoms with Crippen molar-refractivity contribution in [3.05, 3.63) is 65.6 Å². The van der Waals surface area contributed by atoms with E-state index in [1.54, 1.807) is 0 Å². The molecule has 2 aromatic heterocycles. The van der Waals surface area contributed by atoms with Gasteiger partial charge in [0.1, 0.15) is 5.56 Å². The summed E-state index contributed by atoms with van der Waals surface area (Å²) in [5, 5.41) is 7.70. The van der Waals surface area contributed by atoms with Gasteiger partial charge in [-0.15, -0.1) is 0 Å². The smallest absolute Gasteiger partial charge is 0.257 e. The molecule has 1 amide bonds. The molecule has 1 fully saturated rings. The summed E-state index contributed by atoms with van der Waals surface area (Å²) < 4.78 is 9.38. The molecule has 140 valence electrons. The lowest BCUT2D eigenvalue weighted by Crippen LogP contribution is -2.32. The van der Waals surface area contributed by atoms with Crippen LogP contribution in [0.3, 0.4) is 0 Å². The number of hydrogen-bond acceptors (Lipinski definition) is 3. The van der Waals surface area contributed by atoms with Crippen molar-refractivity contribution >= 4 is 5.91 Å². The van der Waals surface area contributed by atoms with Gasteiger partial charge in [-0.25, -0.2) is 4.68 Å². The van der Waals surface area contributed by atoms with Crippen LogP contribution in [0.5, 0.6) is 0 Å². The molecule has 4 rings (SSSR count). The van der Waals surface area contributed by atoms with Crippen molar-refractivity contribution in [3.8, 4) is 11.5 Å². The highest BCUT2D eigenvalue weighted by Crippen LogP contribution is 2.23. The van der Waals surface area contributed by atoms with Gasteiger partial charge in [0.25, 0.3) is 5.91 Å². The molecule has 6 nitrogen and oxygen atoms in total. The lowest BCUT2D eigenvalue weighted by molar-refractivity contribution is 0.0857. The quantitative estimate of drug-likeness (QED) is 0.756. The fourth-order valence-electron chi connectivity index (χ4n) is 3.46. The Balaban J connectivity index is 1.72. The largest absolute Gasteiger partial charge is 0.376 e. The maximum Gasteiger partial charge on any atom is 0.257 e. The normalized spacial score (nSPS) is 16.6. The van der Waals surface area contributed by atoms with E-state index in [-0.39, 0.29) is 12.0 Å². The first kappa shape index (κ1) is 17.5. The van der Waals surface area contributed by atoms with Crippen molar-refractivity contribution in [2.24, 2.45) is 0 Å². The summed E-state index contributed by atoms with van der Waals surface area (Å²) in [7, 11) is 0. The molecule has 0 radical (unpaired) electrons. The number of aromatic nitrogens is 3. The van der Waals surface area contributed by atoms with Crippen LogP contribution in [0.4, 0.5) is 0 Å². The van der Waals surface area contributed by atoms with E-state index in [0.29, 0.717) is 17.8 Å². The molecule has 1 saturated heterocycles. The Hall–Kier alpha value is -2.86. The summed E-state index contributed by atoms with van der Waals surface area (Å²) in [5.41, 5.74) is 3.39. The molecular weight excluding hydrogens is 340 g/mol. The third-order valence-corrected chi connectivity index (χ3v) is 4.90. The zero-order valence-electron chi connectivity index (χ0n) is 15.7. The summed E-state index contributed by atoms with van der Waals surface area (Å²) in [6, 6.07) is 12.0. The van der Waals surface area contributed by atoms with Crippen LogP contribution in [-0.4, -0.2) is 39.5 Å². The number of nitrogens with zero attached hydrogens (tertiary/aromatic N) is 3. The minimum absolute atomic E-state index is 0.108. The fraction of sp³-hybridized carbons (Fsp3) is 0.333. The van der Waals surface area contributed by atoms with Crippen LogP contribution in [0.25, 0.3) is 11.5 Å². The number of ether oxygens (including phenoxy) is 1. The van der Waals surface area contributed by atoms with Gasteiger partial charge >= 0.3 is 0 Å². The highest BCUT2D eigenvalue weighted by molar-refractivity contribution is 5.98. The predicted octanol–water partition coefficient (Wildman–Crippen LogP) is 3.19. The molecule has 0 saturated carbocycles. The molecule has 0 aliphatic carbocycles. The molecule has 0 bridgehead atoms. The molecule has 1 atom stereocenters. The third-order valence-electron chi connectivity index (χ3n) is 4.90. The van der Waals surface area contributed by atoms with Crippen LogP contribution < -0.4 is 5.32 Å². The van der Waals surface area contributed by atoms with Crippen molar-refractivity contribution in [1.29, 1.82) is 0 Å². The lowest BCUT2D eigenvalue weighted by atomic mass is 10.2. The van der Waals surface area contributed by atoms with E-state index >= 15 is 0 Å². The van der Waals surface area contributed by atoms with E-state index < -0.39 is 0 Å². The monoisotopic (exact) mass is 364 g/mol. The third kappa shape index (κ3) is 3.53. The van der Waals surface area contributed by atoms with Crippen LogP contribution in [0, 0.1) is 13.8 Å². The molecule has 0 unspecified atom stereocenters. The number of amides is 1. The fourth-order valence-corrected chi connectivity index (χ4v) is 3.46. The summed E-state index contributed by atoms with van der Waals surface area (Å²) in [5.74, 6) is 0.622. The first-order chi connectivity index (χ1) is 13.1. The second kappa shape index (κ2) is 7.40. The van der Waals surface area contributed by atoms with Crippen molar-refractivity contribution in [2.75, 3.05) is 13.2 Å². The van der Waals surface area contributed by atoms with E-state index in [1.165, 1.54) is 5.56 Å². The average molecular weight is 364 g/mol. The minimum atomic E-state index is -0.120. The lowest BCUT2D eigenvalue weighted by Gasteiger charge is -2.13. The zero-order valence-corrected chi connectivity index (χ0v) is 15.7. The standard InChI is InChI=1S/C21H24N4O2/c1-15-7-9-17(10-8-15)25-21(24-11-3-4-12-24)19(16(2)23-25)20(26)22-14-18-6-5-13-27-18/h3-4,7-12,18H,5-6,13-14H2,1-2H3,(H,22,26)/t18-/m1/s1. The molecule has 6 heteroatoms. The van der Waals surface area contributed by atoms with Crippen molar-refractivity contribution in [3.63, 3.8) is 0 Å². The molecule has 3 heterocycles. The number of hydrogen-bond donors (Lipinski definition) is 1. The van der Waals surface area contributed by atoms with Crippen LogP contribution >= 0.6 is 0 Å². The molecule has 1 N–H and O–H groups in total. The molecular formula is C21H24N4O2. The molecule has 0 spiro atoms. The number of nitrogens with one attached hydrogen (secondary N) is 1. The summed E-state index contributed by atoms with van der Waals surface area (Å²) in [6.45, 7) is 5.23. The first-order valence-corrected chi connectivity index (χ1v) is 9.33. The van der Waals surface area contributed by atoms with Crippen LogP contribution in [-0.2, 0) is 4.74 Å². The van der Waals surface area contributed by atoms with E-state index in [9.17, 15) is 4.79 Å². The summed E-state index contributed by atoms with van der Waals surface area (Å²) in [6.07, 6.45) is 6.01. The summed E-state index contributed by atoms with van der Waals surface area (Å²) in [4.78, 5) is 13.0. The van der Waals surface area contributed by atoms with E-state index in [2.05, 4.69) is 17.3 Å². The van der Waals surface area contributed by atoms with Gasteiger partial charge < -0.3 is 14.6 Å². The molecule has 27 heavy (non-hydrogen) atoms. The Bertz CT molecular complexity index is 920. The van der Waals surface area contributed by atoms with Gasteiger partial charge in [0.15, 0.2) is 5.82 Å². The van der Waals surface area contributed by atoms with E-state index in [4.69, 9.17) is 4.74 Å². The van der Waals surface area contributed by atoms with E-state index in [1.807, 2.05) is 65.0 Å². The maximum absolute atomic E-state index is 13.0. The molecule has 1 aliphatic heterocycles. The van der Waals surface area contributed by atoms with Crippen molar-refractivity contribution in [1.82, 2.24) is 19.7 Å². The van der Waals surface area contributed by atoms with Crippen LogP contribution in [0.15, 0.2) is 48.8 Å². The average Bonchev–Trinajstić information content (AvgIpc) is 3.41. The Morgan fingerprint density at radius 2 is 1.96 bits per heavy atom. The zero-order chi connectivity index (χ0) is 18.8. The van der Waals surface area contributed by atoms with Crippen LogP contribution in [0.2, 0.25) is 0 Å². The van der Waals surface area contributed by atoms with Crippen molar-refractivity contribution in [2.45, 2.75) is 32.8 Å². The summed E-state index contributed by atoms with van der Waals surface area (Å²) >= 11 is 0. The van der Waals surface area contributed by atoms with E-state index in [0.717, 1.165) is 31.0 Å². The Morgan fingerprint density at radius 1 is 1.22 bits per heavy atom. The highest BCUT2D eigenvalue weighted by atomic mass is 16.5. The van der Waals surface area contributed by atoms with Gasteiger partial charge in [-0.3, -0.25) is 4.79 Å². The first-order valence-electron chi connectivity index (χ1n) is 9.33. The molecule has 1 aromatic carbocycles. The van der Waals surface area contributed by atoms with Crippen LogP contribution in [0.1, 0.15) is 34.5 Å². The molecule has 1 aliphatic rings. The number of aryl methyl sites for hydroxylation is 2. The molecule has 3 aromatic rings. The van der Waals surface area contributed by atoms with Gasteiger partial charge in [0.05, 0.1) is 17.5 Å². The SMILES string of the molecule is Cc1ccc(-n2nc(C)c(C(=O)NC[C@H]3CCCO3)c2-n2cccc2)cc1. The number of carbonyl (C=O) groups is 1. The highest BCUT2D eigenvalue weighted by Gasteiger charge is 2.25. The van der Waals surface area contributed by atoms with Gasteiger partial charge in [-0.05, 0) is 51.0 Å². The second-order valence-electron chi connectivity index (χ2n) is 6.97. The number of rotatable bonds is 5. The predicted molar refractivity (Wildman–Crippen MR) is 104 cm³/mol. The topological polar surface area (TPSA) is 61.1 Å². The van der Waals surface area contributed by atoms with Gasteiger partial charge in [-0.1, -0.05) is 17.7 Å². The van der Waals surface area contributed by atoms with Gasteiger partial charge in [0.2, 0.25) is 0 Å². The Labute approximate surface area is 158 Å². The number of carbonyl (C=O) groups excluding carboxylic acids is 1. The minimum Gasteiger partial charge on any atom is -0.376 e. The van der Waals surface area contributed by atoms with Crippen molar-refractivity contribution < 1.29 is 9.53 Å². The van der Waals surface area contributed by atoms with Gasteiger partial charge in [-0.2, -0.15) is 5.10 Å². The Morgan fingerprint density at radius 3 is 2.63 bits per heavy atom. The Kier molecular flexibility index (Phi) is 4.81.